The van der Waals surface area contributed by atoms with Crippen LogP contribution in [0, 0.1) is 13.8 Å². The van der Waals surface area contributed by atoms with Gasteiger partial charge in [0.25, 0.3) is 0 Å². The Morgan fingerprint density at radius 1 is 1.15 bits per heavy atom. The SMILES string of the molecule is Cc1ccc(N=C(N)SCc2nccc(OCC(F)(F)F)c2C)cc1.Cl.Cl. The summed E-state index contributed by atoms with van der Waals surface area (Å²) in [6.07, 6.45) is -2.96. The molecular formula is C17H20Cl2F3N3OS. The number of nitrogens with zero attached hydrogens (tertiary/aromatic N) is 2. The van der Waals surface area contributed by atoms with Crippen molar-refractivity contribution in [1.82, 2.24) is 4.98 Å². The lowest BCUT2D eigenvalue weighted by molar-refractivity contribution is -0.153. The van der Waals surface area contributed by atoms with Crippen molar-refractivity contribution in [2.24, 2.45) is 10.7 Å². The van der Waals surface area contributed by atoms with Crippen molar-refractivity contribution in [3.8, 4) is 5.75 Å². The van der Waals surface area contributed by atoms with Crippen LogP contribution >= 0.6 is 36.6 Å². The van der Waals surface area contributed by atoms with Crippen molar-refractivity contribution < 1.29 is 17.9 Å². The van der Waals surface area contributed by atoms with Crippen molar-refractivity contribution in [2.45, 2.75) is 25.8 Å². The third-order valence-corrected chi connectivity index (χ3v) is 4.08. The molecule has 0 saturated carbocycles. The summed E-state index contributed by atoms with van der Waals surface area (Å²) in [6, 6.07) is 9.00. The number of rotatable bonds is 5. The standard InChI is InChI=1S/C17H18F3N3OS.2ClH/c1-11-3-5-13(6-4-11)23-16(21)25-9-14-12(2)15(7-8-22-14)24-10-17(18,19)20;;/h3-8H,9-10H2,1-2H3,(H2,21,23);2*1H. The number of halogens is 5. The number of thioether (sulfide) groups is 1. The highest BCUT2D eigenvalue weighted by Crippen LogP contribution is 2.25. The molecule has 0 unspecified atom stereocenters. The third kappa shape index (κ3) is 8.73. The van der Waals surface area contributed by atoms with E-state index in [1.54, 1.807) is 6.92 Å². The van der Waals surface area contributed by atoms with Gasteiger partial charge in [0.2, 0.25) is 0 Å². The van der Waals surface area contributed by atoms with Crippen LogP contribution in [0.2, 0.25) is 0 Å². The summed E-state index contributed by atoms with van der Waals surface area (Å²) in [7, 11) is 0. The van der Waals surface area contributed by atoms with Crippen LogP contribution in [0.5, 0.6) is 5.75 Å². The van der Waals surface area contributed by atoms with E-state index in [0.717, 1.165) is 11.3 Å². The minimum Gasteiger partial charge on any atom is -0.484 e. The molecule has 2 rings (SSSR count). The van der Waals surface area contributed by atoms with Gasteiger partial charge in [0.1, 0.15) is 5.75 Å². The Bertz CT molecular complexity index is 756. The van der Waals surface area contributed by atoms with E-state index in [9.17, 15) is 13.2 Å². The first-order valence-electron chi connectivity index (χ1n) is 7.42. The molecule has 10 heteroatoms. The van der Waals surface area contributed by atoms with Gasteiger partial charge in [-0.2, -0.15) is 13.2 Å². The molecule has 0 fully saturated rings. The summed E-state index contributed by atoms with van der Waals surface area (Å²) in [4.78, 5) is 8.47. The molecule has 2 N–H and O–H groups in total. The summed E-state index contributed by atoms with van der Waals surface area (Å²) in [5.41, 5.74) is 8.93. The third-order valence-electron chi connectivity index (χ3n) is 3.28. The maximum Gasteiger partial charge on any atom is 0.422 e. The van der Waals surface area contributed by atoms with E-state index < -0.39 is 12.8 Å². The van der Waals surface area contributed by atoms with E-state index >= 15 is 0 Å². The molecule has 150 valence electrons. The summed E-state index contributed by atoms with van der Waals surface area (Å²) < 4.78 is 41.7. The molecule has 0 aliphatic carbocycles. The minimum absolute atomic E-state index is 0. The van der Waals surface area contributed by atoms with Gasteiger partial charge in [-0.15, -0.1) is 24.8 Å². The summed E-state index contributed by atoms with van der Waals surface area (Å²) >= 11 is 1.26. The molecule has 2 aromatic rings. The summed E-state index contributed by atoms with van der Waals surface area (Å²) in [6.45, 7) is 2.32. The lowest BCUT2D eigenvalue weighted by atomic mass is 10.2. The Kier molecular flexibility index (Phi) is 10.6. The average Bonchev–Trinajstić information content (AvgIpc) is 2.54. The molecule has 27 heavy (non-hydrogen) atoms. The van der Waals surface area contributed by atoms with E-state index in [1.165, 1.54) is 24.0 Å². The van der Waals surface area contributed by atoms with Crippen LogP contribution < -0.4 is 10.5 Å². The number of hydrogen-bond donors (Lipinski definition) is 1. The fraction of sp³-hybridized carbons (Fsp3) is 0.294. The molecule has 0 radical (unpaired) electrons. The maximum atomic E-state index is 12.3. The quantitative estimate of drug-likeness (QED) is 0.500. The van der Waals surface area contributed by atoms with E-state index in [-0.39, 0.29) is 30.6 Å². The van der Waals surface area contributed by atoms with Crippen LogP contribution in [0.3, 0.4) is 0 Å². The van der Waals surface area contributed by atoms with E-state index in [1.807, 2.05) is 31.2 Å². The first kappa shape index (κ1) is 25.4. The number of amidine groups is 1. The number of hydrogen-bond acceptors (Lipinski definition) is 4. The first-order chi connectivity index (χ1) is 11.7. The van der Waals surface area contributed by atoms with Gasteiger partial charge < -0.3 is 10.5 Å². The molecule has 0 aliphatic rings. The predicted molar refractivity (Wildman–Crippen MR) is 109 cm³/mol. The Labute approximate surface area is 172 Å². The molecule has 1 heterocycles. The van der Waals surface area contributed by atoms with Gasteiger partial charge >= 0.3 is 6.18 Å². The van der Waals surface area contributed by atoms with Crippen molar-refractivity contribution >= 4 is 47.4 Å². The van der Waals surface area contributed by atoms with E-state index in [0.29, 0.717) is 22.2 Å². The van der Waals surface area contributed by atoms with Crippen molar-refractivity contribution in [3.05, 3.63) is 53.3 Å². The Balaban J connectivity index is 0.00000338. The smallest absolute Gasteiger partial charge is 0.422 e. The van der Waals surface area contributed by atoms with Gasteiger partial charge in [-0.1, -0.05) is 29.5 Å². The van der Waals surface area contributed by atoms with Crippen LogP contribution in [0.15, 0.2) is 41.5 Å². The highest BCUT2D eigenvalue weighted by Gasteiger charge is 2.28. The van der Waals surface area contributed by atoms with Crippen molar-refractivity contribution in [2.75, 3.05) is 6.61 Å². The number of alkyl halides is 3. The summed E-state index contributed by atoms with van der Waals surface area (Å²) in [5, 5.41) is 0.353. The average molecular weight is 442 g/mol. The second-order valence-corrected chi connectivity index (χ2v) is 6.35. The van der Waals surface area contributed by atoms with Crippen molar-refractivity contribution in [3.63, 3.8) is 0 Å². The zero-order valence-corrected chi connectivity index (χ0v) is 17.1. The molecule has 0 amide bonds. The second-order valence-electron chi connectivity index (χ2n) is 5.36. The molecule has 0 atom stereocenters. The van der Waals surface area contributed by atoms with Gasteiger partial charge in [0.05, 0.1) is 11.4 Å². The lowest BCUT2D eigenvalue weighted by Gasteiger charge is -2.13. The molecule has 1 aromatic heterocycles. The number of aryl methyl sites for hydroxylation is 1. The van der Waals surface area contributed by atoms with Gasteiger partial charge in [0.15, 0.2) is 11.8 Å². The fourth-order valence-electron chi connectivity index (χ4n) is 1.94. The number of nitrogens with two attached hydrogens (primary N) is 1. The van der Waals surface area contributed by atoms with Crippen LogP contribution in [0.1, 0.15) is 16.8 Å². The number of aromatic nitrogens is 1. The number of ether oxygens (including phenoxy) is 1. The van der Waals surface area contributed by atoms with E-state index in [4.69, 9.17) is 10.5 Å². The fourth-order valence-corrected chi connectivity index (χ4v) is 2.69. The predicted octanol–water partition coefficient (Wildman–Crippen LogP) is 5.36. The Hall–Kier alpha value is -1.64. The van der Waals surface area contributed by atoms with Crippen LogP contribution in [-0.2, 0) is 5.75 Å². The zero-order valence-electron chi connectivity index (χ0n) is 14.6. The highest BCUT2D eigenvalue weighted by molar-refractivity contribution is 8.13. The van der Waals surface area contributed by atoms with Crippen LogP contribution in [0.25, 0.3) is 0 Å². The van der Waals surface area contributed by atoms with Gasteiger partial charge in [-0.3, -0.25) is 4.98 Å². The molecule has 1 aromatic carbocycles. The van der Waals surface area contributed by atoms with Gasteiger partial charge in [0, 0.05) is 17.5 Å². The maximum absolute atomic E-state index is 12.3. The Morgan fingerprint density at radius 3 is 2.37 bits per heavy atom. The van der Waals surface area contributed by atoms with Crippen molar-refractivity contribution in [1.29, 1.82) is 0 Å². The number of benzene rings is 1. The second kappa shape index (κ2) is 11.3. The molecular weight excluding hydrogens is 422 g/mol. The lowest BCUT2D eigenvalue weighted by Crippen LogP contribution is -2.19. The van der Waals surface area contributed by atoms with Crippen LogP contribution in [0.4, 0.5) is 18.9 Å². The Morgan fingerprint density at radius 2 is 1.78 bits per heavy atom. The normalized spacial score (nSPS) is 11.4. The first-order valence-corrected chi connectivity index (χ1v) is 8.41. The zero-order chi connectivity index (χ0) is 18.4. The molecule has 0 bridgehead atoms. The minimum atomic E-state index is -4.38. The van der Waals surface area contributed by atoms with Gasteiger partial charge in [-0.05, 0) is 32.0 Å². The largest absolute Gasteiger partial charge is 0.484 e. The monoisotopic (exact) mass is 441 g/mol. The van der Waals surface area contributed by atoms with E-state index in [2.05, 4.69) is 9.98 Å². The van der Waals surface area contributed by atoms with Gasteiger partial charge in [-0.25, -0.2) is 4.99 Å². The summed E-state index contributed by atoms with van der Waals surface area (Å²) in [5.74, 6) is 0.549. The number of aliphatic imine (C=N–C) groups is 1. The molecule has 0 saturated heterocycles. The highest BCUT2D eigenvalue weighted by atomic mass is 35.5. The molecule has 0 aliphatic heterocycles. The molecule has 0 spiro atoms. The van der Waals surface area contributed by atoms with Crippen LogP contribution in [-0.4, -0.2) is 22.9 Å². The topological polar surface area (TPSA) is 60.5 Å². The number of pyridine rings is 1. The molecule has 4 nitrogen and oxygen atoms in total.